The predicted molar refractivity (Wildman–Crippen MR) is 52.8 cm³/mol. The third kappa shape index (κ3) is 1.17. The summed E-state index contributed by atoms with van der Waals surface area (Å²) in [6, 6.07) is 0. The number of nitrogens with two attached hydrogens (primary N) is 1. The predicted octanol–water partition coefficient (Wildman–Crippen LogP) is 1.66. The van der Waals surface area contributed by atoms with Gasteiger partial charge in [-0.3, -0.25) is 4.90 Å². The summed E-state index contributed by atoms with van der Waals surface area (Å²) in [6.07, 6.45) is 1.26. The molecule has 0 amide bonds. The molecule has 2 nitrogen and oxygen atoms in total. The average molecular weight is 170 g/mol. The zero-order valence-electron chi connectivity index (χ0n) is 9.02. The molecule has 0 aromatic heterocycles. The van der Waals surface area contributed by atoms with Crippen LogP contribution in [0.25, 0.3) is 0 Å². The quantitative estimate of drug-likeness (QED) is 0.599. The molecule has 0 spiro atoms. The smallest absolute Gasteiger partial charge is 0.0710 e. The summed E-state index contributed by atoms with van der Waals surface area (Å²) < 4.78 is 0. The van der Waals surface area contributed by atoms with Gasteiger partial charge >= 0.3 is 0 Å². The van der Waals surface area contributed by atoms with Crippen LogP contribution in [0.4, 0.5) is 0 Å². The monoisotopic (exact) mass is 170 g/mol. The molecule has 0 saturated carbocycles. The minimum Gasteiger partial charge on any atom is -0.313 e. The molecule has 72 valence electrons. The molecule has 0 radical (unpaired) electrons. The molecule has 1 rings (SSSR count). The highest BCUT2D eigenvalue weighted by Crippen LogP contribution is 2.43. The van der Waals surface area contributed by atoms with Gasteiger partial charge in [-0.2, -0.15) is 0 Å². The van der Waals surface area contributed by atoms with E-state index >= 15 is 0 Å². The second-order valence-electron chi connectivity index (χ2n) is 4.98. The molecule has 0 aromatic carbocycles. The number of nitrogens with zero attached hydrogens (tertiary/aromatic N) is 1. The number of likely N-dealkylation sites (tertiary alicyclic amines) is 1. The van der Waals surface area contributed by atoms with E-state index in [0.29, 0.717) is 5.92 Å². The van der Waals surface area contributed by atoms with Crippen LogP contribution < -0.4 is 5.73 Å². The summed E-state index contributed by atoms with van der Waals surface area (Å²) in [5, 5.41) is 0. The van der Waals surface area contributed by atoms with Crippen molar-refractivity contribution >= 4 is 0 Å². The summed E-state index contributed by atoms with van der Waals surface area (Å²) in [6.45, 7) is 10.1. The fourth-order valence-electron chi connectivity index (χ4n) is 1.97. The van der Waals surface area contributed by atoms with Crippen LogP contribution in [0.5, 0.6) is 0 Å². The molecule has 0 bridgehead atoms. The topological polar surface area (TPSA) is 29.3 Å². The molecular formula is C10H22N2. The Labute approximate surface area is 76.1 Å². The molecule has 1 fully saturated rings. The molecule has 2 heteroatoms. The molecule has 12 heavy (non-hydrogen) atoms. The SMILES string of the molecule is CC1CCN(C)C(C)(N)C1(C)C. The molecular weight excluding hydrogens is 148 g/mol. The van der Waals surface area contributed by atoms with E-state index in [1.807, 2.05) is 0 Å². The maximum absolute atomic E-state index is 6.32. The first-order valence-electron chi connectivity index (χ1n) is 4.80. The Balaban J connectivity index is 2.92. The maximum Gasteiger partial charge on any atom is 0.0710 e. The lowest BCUT2D eigenvalue weighted by molar-refractivity contribution is -0.0593. The van der Waals surface area contributed by atoms with E-state index in [1.165, 1.54) is 6.42 Å². The molecule has 2 N–H and O–H groups in total. The Hall–Kier alpha value is -0.0800. The van der Waals surface area contributed by atoms with E-state index in [9.17, 15) is 0 Å². The second kappa shape index (κ2) is 2.71. The van der Waals surface area contributed by atoms with Crippen LogP contribution in [-0.4, -0.2) is 24.2 Å². The van der Waals surface area contributed by atoms with Crippen LogP contribution in [0.3, 0.4) is 0 Å². The van der Waals surface area contributed by atoms with Crippen molar-refractivity contribution < 1.29 is 0 Å². The summed E-state index contributed by atoms with van der Waals surface area (Å²) in [5.41, 5.74) is 6.36. The van der Waals surface area contributed by atoms with Gasteiger partial charge in [-0.15, -0.1) is 0 Å². The van der Waals surface area contributed by atoms with Crippen LogP contribution in [0.2, 0.25) is 0 Å². The van der Waals surface area contributed by atoms with Gasteiger partial charge in [0.05, 0.1) is 5.66 Å². The van der Waals surface area contributed by atoms with E-state index in [4.69, 9.17) is 5.73 Å². The van der Waals surface area contributed by atoms with E-state index in [-0.39, 0.29) is 11.1 Å². The van der Waals surface area contributed by atoms with Crippen LogP contribution in [-0.2, 0) is 0 Å². The molecule has 1 aliphatic heterocycles. The lowest BCUT2D eigenvalue weighted by atomic mass is 9.66. The second-order valence-corrected chi connectivity index (χ2v) is 4.98. The maximum atomic E-state index is 6.32. The van der Waals surface area contributed by atoms with Gasteiger partial charge in [0, 0.05) is 0 Å². The Morgan fingerprint density at radius 1 is 1.33 bits per heavy atom. The van der Waals surface area contributed by atoms with Crippen molar-refractivity contribution in [3.63, 3.8) is 0 Å². The van der Waals surface area contributed by atoms with Gasteiger partial charge in [0.15, 0.2) is 0 Å². The first kappa shape index (κ1) is 10.0. The van der Waals surface area contributed by atoms with Crippen molar-refractivity contribution in [1.29, 1.82) is 0 Å². The highest BCUT2D eigenvalue weighted by Gasteiger charge is 2.47. The fourth-order valence-corrected chi connectivity index (χ4v) is 1.97. The van der Waals surface area contributed by atoms with Gasteiger partial charge in [-0.25, -0.2) is 0 Å². The third-order valence-electron chi connectivity index (χ3n) is 4.23. The van der Waals surface area contributed by atoms with Crippen LogP contribution in [0.1, 0.15) is 34.1 Å². The number of hydrogen-bond acceptors (Lipinski definition) is 2. The molecule has 1 aliphatic rings. The van der Waals surface area contributed by atoms with Crippen molar-refractivity contribution in [3.8, 4) is 0 Å². The van der Waals surface area contributed by atoms with Crippen molar-refractivity contribution in [2.24, 2.45) is 17.1 Å². The van der Waals surface area contributed by atoms with Crippen LogP contribution in [0, 0.1) is 11.3 Å². The summed E-state index contributed by atoms with van der Waals surface area (Å²) in [4.78, 5) is 2.27. The first-order chi connectivity index (χ1) is 5.30. The van der Waals surface area contributed by atoms with Crippen LogP contribution in [0.15, 0.2) is 0 Å². The van der Waals surface area contributed by atoms with E-state index in [0.717, 1.165) is 6.54 Å². The van der Waals surface area contributed by atoms with Gasteiger partial charge in [0.2, 0.25) is 0 Å². The Kier molecular flexibility index (Phi) is 2.26. The zero-order valence-corrected chi connectivity index (χ0v) is 9.02. The minimum atomic E-state index is -0.162. The van der Waals surface area contributed by atoms with Gasteiger partial charge < -0.3 is 5.73 Å². The average Bonchev–Trinajstić information content (AvgIpc) is 1.96. The van der Waals surface area contributed by atoms with Crippen molar-refractivity contribution in [2.75, 3.05) is 13.6 Å². The highest BCUT2D eigenvalue weighted by molar-refractivity contribution is 4.99. The molecule has 1 heterocycles. The minimum absolute atomic E-state index is 0.162. The normalized spacial score (nSPS) is 43.0. The largest absolute Gasteiger partial charge is 0.313 e. The summed E-state index contributed by atoms with van der Waals surface area (Å²) in [7, 11) is 2.12. The van der Waals surface area contributed by atoms with E-state index < -0.39 is 0 Å². The van der Waals surface area contributed by atoms with Gasteiger partial charge in [0.1, 0.15) is 0 Å². The van der Waals surface area contributed by atoms with Gasteiger partial charge in [0.25, 0.3) is 0 Å². The first-order valence-corrected chi connectivity index (χ1v) is 4.80. The molecule has 2 atom stereocenters. The number of piperidine rings is 1. The van der Waals surface area contributed by atoms with Crippen LogP contribution >= 0.6 is 0 Å². The van der Waals surface area contributed by atoms with Crippen molar-refractivity contribution in [2.45, 2.75) is 39.8 Å². The van der Waals surface area contributed by atoms with Crippen molar-refractivity contribution in [1.82, 2.24) is 4.90 Å². The Morgan fingerprint density at radius 3 is 2.25 bits per heavy atom. The zero-order chi connectivity index (χ0) is 9.57. The fraction of sp³-hybridized carbons (Fsp3) is 1.00. The van der Waals surface area contributed by atoms with Gasteiger partial charge in [-0.05, 0) is 38.3 Å². The summed E-state index contributed by atoms with van der Waals surface area (Å²) >= 11 is 0. The van der Waals surface area contributed by atoms with E-state index in [2.05, 4.69) is 39.6 Å². The molecule has 0 aliphatic carbocycles. The highest BCUT2D eigenvalue weighted by atomic mass is 15.3. The van der Waals surface area contributed by atoms with Gasteiger partial charge in [-0.1, -0.05) is 20.8 Å². The lowest BCUT2D eigenvalue weighted by Gasteiger charge is -2.54. The van der Waals surface area contributed by atoms with Crippen molar-refractivity contribution in [3.05, 3.63) is 0 Å². The number of rotatable bonds is 0. The number of hydrogen-bond donors (Lipinski definition) is 1. The lowest BCUT2D eigenvalue weighted by Crippen LogP contribution is -2.66. The molecule has 2 unspecified atom stereocenters. The third-order valence-corrected chi connectivity index (χ3v) is 4.23. The molecule has 0 aromatic rings. The molecule has 1 saturated heterocycles. The van der Waals surface area contributed by atoms with E-state index in [1.54, 1.807) is 0 Å². The Bertz CT molecular complexity index is 153. The summed E-state index contributed by atoms with van der Waals surface area (Å²) in [5.74, 6) is 0.712. The standard InChI is InChI=1S/C10H22N2/c1-8-6-7-12(5)10(4,11)9(8,2)3/h8H,6-7,11H2,1-5H3. The Morgan fingerprint density at radius 2 is 1.83 bits per heavy atom.